The molecule has 1 aliphatic rings. The number of fused-ring (bicyclic) bond motifs is 5. The van der Waals surface area contributed by atoms with Crippen molar-refractivity contribution in [2.24, 2.45) is 0 Å². The zero-order chi connectivity index (χ0) is 25.6. The fourth-order valence-corrected chi connectivity index (χ4v) is 5.57. The van der Waals surface area contributed by atoms with Crippen molar-refractivity contribution in [3.63, 3.8) is 0 Å². The topological polar surface area (TPSA) is 107 Å². The summed E-state index contributed by atoms with van der Waals surface area (Å²) < 4.78 is 1.07. The number of thiophene rings is 1. The molecule has 0 spiro atoms. The van der Waals surface area contributed by atoms with E-state index < -0.39 is 12.1 Å². The number of carbonyl (C=O) groups is 2. The fraction of sp³-hybridized carbons (Fsp3) is 0.222. The first-order chi connectivity index (χ1) is 17.3. The van der Waals surface area contributed by atoms with Crippen LogP contribution in [0, 0.1) is 0 Å². The van der Waals surface area contributed by atoms with Crippen LogP contribution in [-0.2, 0) is 4.79 Å². The molecule has 36 heavy (non-hydrogen) atoms. The molecule has 4 aromatic rings. The highest BCUT2D eigenvalue weighted by Gasteiger charge is 2.25. The van der Waals surface area contributed by atoms with Crippen LogP contribution < -0.4 is 16.0 Å². The summed E-state index contributed by atoms with van der Waals surface area (Å²) >= 11 is 1.57. The number of aromatic nitrogens is 1. The van der Waals surface area contributed by atoms with Crippen molar-refractivity contribution in [2.75, 3.05) is 31.3 Å². The van der Waals surface area contributed by atoms with Crippen LogP contribution in [0.2, 0.25) is 0 Å². The van der Waals surface area contributed by atoms with Crippen molar-refractivity contribution in [2.45, 2.75) is 19.2 Å². The van der Waals surface area contributed by atoms with E-state index in [1.807, 2.05) is 37.3 Å². The Bertz CT molecular complexity index is 1530. The smallest absolute Gasteiger partial charge is 0.255 e. The quantitative estimate of drug-likeness (QED) is 0.310. The largest absolute Gasteiger partial charge is 0.382 e. The normalized spacial score (nSPS) is 17.2. The van der Waals surface area contributed by atoms with Gasteiger partial charge in [0.2, 0.25) is 5.91 Å². The monoisotopic (exact) mass is 501 g/mol. The molecule has 0 aliphatic carbocycles. The minimum Gasteiger partial charge on any atom is -0.382 e. The van der Waals surface area contributed by atoms with Crippen molar-refractivity contribution >= 4 is 55.5 Å². The van der Waals surface area contributed by atoms with Gasteiger partial charge in [0.15, 0.2) is 0 Å². The molecule has 184 valence electrons. The van der Waals surface area contributed by atoms with E-state index in [4.69, 9.17) is 4.98 Å². The van der Waals surface area contributed by atoms with Crippen LogP contribution >= 0.6 is 11.3 Å². The van der Waals surface area contributed by atoms with Gasteiger partial charge >= 0.3 is 0 Å². The highest BCUT2D eigenvalue weighted by atomic mass is 32.1. The number of rotatable bonds is 4. The van der Waals surface area contributed by atoms with Crippen LogP contribution in [0.3, 0.4) is 0 Å². The molecule has 2 atom stereocenters. The van der Waals surface area contributed by atoms with Crippen molar-refractivity contribution < 1.29 is 14.7 Å². The van der Waals surface area contributed by atoms with Gasteiger partial charge in [0.25, 0.3) is 5.91 Å². The Morgan fingerprint density at radius 2 is 2.03 bits per heavy atom. The molecule has 8 nitrogen and oxygen atoms in total. The van der Waals surface area contributed by atoms with Gasteiger partial charge in [-0.2, -0.15) is 0 Å². The molecule has 4 N–H and O–H groups in total. The second-order valence-corrected chi connectivity index (χ2v) is 10.1. The van der Waals surface area contributed by atoms with E-state index in [2.05, 4.69) is 22.5 Å². The average molecular weight is 502 g/mol. The van der Waals surface area contributed by atoms with Gasteiger partial charge in [0.05, 0.1) is 33.0 Å². The molecule has 0 bridgehead atoms. The van der Waals surface area contributed by atoms with Crippen LogP contribution in [0.15, 0.2) is 55.1 Å². The highest BCUT2D eigenvalue weighted by molar-refractivity contribution is 7.20. The summed E-state index contributed by atoms with van der Waals surface area (Å²) in [6, 6.07) is 13.4. The molecule has 0 fully saturated rings. The van der Waals surface area contributed by atoms with E-state index >= 15 is 0 Å². The van der Waals surface area contributed by atoms with Crippen molar-refractivity contribution in [1.29, 1.82) is 0 Å². The maximum atomic E-state index is 12.6. The summed E-state index contributed by atoms with van der Waals surface area (Å²) in [6.45, 7) is 6.24. The number of aliphatic hydroxyl groups is 1. The molecule has 0 radical (unpaired) electrons. The lowest BCUT2D eigenvalue weighted by atomic mass is 10.0. The van der Waals surface area contributed by atoms with Crippen molar-refractivity contribution in [1.82, 2.24) is 15.2 Å². The minimum atomic E-state index is -0.725. The number of pyridine rings is 1. The number of nitrogens with zero attached hydrogens (tertiary/aromatic N) is 2. The molecule has 2 aromatic carbocycles. The molecule has 2 unspecified atom stereocenters. The van der Waals surface area contributed by atoms with Gasteiger partial charge in [-0.05, 0) is 49.4 Å². The van der Waals surface area contributed by atoms with Gasteiger partial charge in [-0.1, -0.05) is 12.6 Å². The third-order valence-corrected chi connectivity index (χ3v) is 7.43. The Morgan fingerprint density at radius 3 is 2.78 bits per heavy atom. The van der Waals surface area contributed by atoms with Crippen LogP contribution in [-0.4, -0.2) is 53.5 Å². The van der Waals surface area contributed by atoms with Gasteiger partial charge in [0.1, 0.15) is 6.23 Å². The predicted octanol–water partition coefficient (Wildman–Crippen LogP) is 4.34. The second kappa shape index (κ2) is 9.34. The summed E-state index contributed by atoms with van der Waals surface area (Å²) in [7, 11) is 3.33. The molecule has 3 heterocycles. The number of amides is 2. The molecule has 0 saturated heterocycles. The van der Waals surface area contributed by atoms with E-state index in [1.165, 1.54) is 11.0 Å². The van der Waals surface area contributed by atoms with E-state index in [1.54, 1.807) is 37.6 Å². The van der Waals surface area contributed by atoms with Gasteiger partial charge < -0.3 is 20.6 Å². The highest BCUT2D eigenvalue weighted by Crippen LogP contribution is 2.43. The standard InChI is InChI=1S/C27H27N5O3S/c1-5-22(33)31-20-12-15(6-7-17(20)27(35)32(3)4)18-9-8-16-19(30-18)10-11-21-23(16)24-25(36-21)26(34)29-14(2)13-28-24/h5-12,14,26,28-29,34H,1,13H2,2-4H3,(H,31,33). The lowest BCUT2D eigenvalue weighted by Crippen LogP contribution is -2.32. The number of anilines is 2. The molecule has 1 aliphatic heterocycles. The Balaban J connectivity index is 1.61. The third-order valence-electron chi connectivity index (χ3n) is 6.22. The molecule has 2 aromatic heterocycles. The first-order valence-electron chi connectivity index (χ1n) is 11.6. The van der Waals surface area contributed by atoms with Crippen LogP contribution in [0.1, 0.15) is 28.4 Å². The van der Waals surface area contributed by atoms with E-state index in [-0.39, 0.29) is 11.9 Å². The first kappa shape index (κ1) is 23.9. The van der Waals surface area contributed by atoms with Gasteiger partial charge in [-0.25, -0.2) is 4.98 Å². The molecule has 2 amide bonds. The summed E-state index contributed by atoms with van der Waals surface area (Å²) in [5, 5.41) is 22.1. The number of hydrogen-bond acceptors (Lipinski definition) is 7. The van der Waals surface area contributed by atoms with Gasteiger partial charge in [-0.3, -0.25) is 14.9 Å². The predicted molar refractivity (Wildman–Crippen MR) is 145 cm³/mol. The van der Waals surface area contributed by atoms with Crippen molar-refractivity contribution in [3.8, 4) is 11.3 Å². The Hall–Kier alpha value is -3.79. The molecular weight excluding hydrogens is 474 g/mol. The Morgan fingerprint density at radius 1 is 1.22 bits per heavy atom. The average Bonchev–Trinajstić information content (AvgIpc) is 3.19. The molecule has 9 heteroatoms. The van der Waals surface area contributed by atoms with Crippen LogP contribution in [0.25, 0.3) is 32.2 Å². The number of carbonyl (C=O) groups excluding carboxylic acids is 2. The first-order valence-corrected chi connectivity index (χ1v) is 12.4. The molecule has 0 saturated carbocycles. The zero-order valence-electron chi connectivity index (χ0n) is 20.3. The Kier molecular flexibility index (Phi) is 6.21. The SMILES string of the molecule is C=CC(=O)Nc1cc(-c2ccc3c(ccc4sc5c(c43)NCC(C)NC5O)n2)ccc1C(=O)N(C)C. The maximum Gasteiger partial charge on any atom is 0.255 e. The van der Waals surface area contributed by atoms with Crippen molar-refractivity contribution in [3.05, 3.63) is 65.6 Å². The molecule has 5 rings (SSSR count). The lowest BCUT2D eigenvalue weighted by Gasteiger charge is -2.16. The molecular formula is C27H27N5O3S. The van der Waals surface area contributed by atoms with E-state index in [9.17, 15) is 14.7 Å². The number of benzene rings is 2. The van der Waals surface area contributed by atoms with E-state index in [0.717, 1.165) is 37.1 Å². The number of nitrogens with one attached hydrogen (secondary N) is 3. The zero-order valence-corrected chi connectivity index (χ0v) is 21.1. The summed E-state index contributed by atoms with van der Waals surface area (Å²) in [6.07, 6.45) is 0.443. The van der Waals surface area contributed by atoms with E-state index in [0.29, 0.717) is 23.5 Å². The number of aliphatic hydroxyl groups excluding tert-OH is 1. The summed E-state index contributed by atoms with van der Waals surface area (Å²) in [5.74, 6) is -0.614. The second-order valence-electron chi connectivity index (χ2n) is 9.05. The third kappa shape index (κ3) is 4.21. The van der Waals surface area contributed by atoms with Gasteiger partial charge in [-0.15, -0.1) is 11.3 Å². The Labute approximate surface area is 212 Å². The van der Waals surface area contributed by atoms with Crippen LogP contribution in [0.4, 0.5) is 11.4 Å². The van der Waals surface area contributed by atoms with Crippen LogP contribution in [0.5, 0.6) is 0 Å². The fourth-order valence-electron chi connectivity index (χ4n) is 4.43. The number of hydrogen-bond donors (Lipinski definition) is 4. The maximum absolute atomic E-state index is 12.6. The lowest BCUT2D eigenvalue weighted by molar-refractivity contribution is -0.111. The minimum absolute atomic E-state index is 0.132. The summed E-state index contributed by atoms with van der Waals surface area (Å²) in [4.78, 5) is 31.9. The summed E-state index contributed by atoms with van der Waals surface area (Å²) in [5.41, 5.74) is 4.02. The van der Waals surface area contributed by atoms with Gasteiger partial charge in [0, 0.05) is 47.7 Å².